The molecule has 1 amide bonds. The first-order valence-corrected chi connectivity index (χ1v) is 8.51. The molecule has 120 valence electrons. The quantitative estimate of drug-likeness (QED) is 0.800. The van der Waals surface area contributed by atoms with E-state index in [4.69, 9.17) is 0 Å². The Hall–Kier alpha value is -2.21. The van der Waals surface area contributed by atoms with E-state index in [2.05, 4.69) is 10.4 Å². The molecule has 0 spiro atoms. The van der Waals surface area contributed by atoms with E-state index in [1.807, 2.05) is 45.0 Å². The maximum Gasteiger partial charge on any atom is 0.276 e. The fourth-order valence-electron chi connectivity index (χ4n) is 2.58. The number of thiophene rings is 1. The van der Waals surface area contributed by atoms with Gasteiger partial charge >= 0.3 is 0 Å². The monoisotopic (exact) mass is 329 g/mol. The van der Waals surface area contributed by atoms with Crippen molar-refractivity contribution in [3.63, 3.8) is 0 Å². The summed E-state index contributed by atoms with van der Waals surface area (Å²) in [7, 11) is 0. The van der Waals surface area contributed by atoms with Crippen LogP contribution in [-0.4, -0.2) is 21.7 Å². The zero-order valence-electron chi connectivity index (χ0n) is 13.4. The highest BCUT2D eigenvalue weighted by Gasteiger charge is 2.16. The highest BCUT2D eigenvalue weighted by atomic mass is 32.1. The van der Waals surface area contributed by atoms with Gasteiger partial charge in [-0.05, 0) is 26.3 Å². The van der Waals surface area contributed by atoms with Gasteiger partial charge in [-0.15, -0.1) is 11.3 Å². The molecule has 0 aliphatic carbocycles. The predicted octanol–water partition coefficient (Wildman–Crippen LogP) is 2.83. The molecule has 1 atom stereocenters. The van der Waals surface area contributed by atoms with E-state index < -0.39 is 0 Å². The lowest BCUT2D eigenvalue weighted by molar-refractivity contribution is -0.122. The Morgan fingerprint density at radius 1 is 1.39 bits per heavy atom. The van der Waals surface area contributed by atoms with Crippen LogP contribution in [0.5, 0.6) is 0 Å². The van der Waals surface area contributed by atoms with Gasteiger partial charge in [-0.25, -0.2) is 4.68 Å². The average Bonchev–Trinajstić information content (AvgIpc) is 2.92. The van der Waals surface area contributed by atoms with Gasteiger partial charge in [0.25, 0.3) is 5.56 Å². The van der Waals surface area contributed by atoms with Gasteiger partial charge in [0.05, 0.1) is 15.8 Å². The Labute approximate surface area is 137 Å². The van der Waals surface area contributed by atoms with Crippen molar-refractivity contribution in [3.8, 4) is 0 Å². The SMILES string of the molecule is CC[C@@H](C)NC(=O)Cn1nc(C)c2sc3ccccc3c2c1=O. The number of nitrogens with one attached hydrogen (secondary N) is 1. The minimum absolute atomic E-state index is 0.0515. The number of fused-ring (bicyclic) bond motifs is 3. The third-order valence-electron chi connectivity index (χ3n) is 3.96. The molecular formula is C17H19N3O2S. The van der Waals surface area contributed by atoms with Crippen molar-refractivity contribution in [2.45, 2.75) is 39.8 Å². The summed E-state index contributed by atoms with van der Waals surface area (Å²) in [5, 5.41) is 8.78. The third kappa shape index (κ3) is 2.86. The number of hydrogen-bond acceptors (Lipinski definition) is 4. The van der Waals surface area contributed by atoms with Gasteiger partial charge in [0, 0.05) is 16.1 Å². The molecule has 0 saturated carbocycles. The number of carbonyl (C=O) groups excluding carboxylic acids is 1. The summed E-state index contributed by atoms with van der Waals surface area (Å²) in [5.74, 6) is -0.188. The van der Waals surface area contributed by atoms with Crippen molar-refractivity contribution < 1.29 is 4.79 Å². The van der Waals surface area contributed by atoms with Crippen LogP contribution in [0.2, 0.25) is 0 Å². The number of hydrogen-bond donors (Lipinski definition) is 1. The highest BCUT2D eigenvalue weighted by Crippen LogP contribution is 2.32. The summed E-state index contributed by atoms with van der Waals surface area (Å²) in [6.45, 7) is 5.77. The molecule has 0 aliphatic rings. The molecule has 23 heavy (non-hydrogen) atoms. The Bertz CT molecular complexity index is 942. The molecule has 0 unspecified atom stereocenters. The van der Waals surface area contributed by atoms with Gasteiger partial charge < -0.3 is 5.32 Å². The predicted molar refractivity (Wildman–Crippen MR) is 94.0 cm³/mol. The minimum Gasteiger partial charge on any atom is -0.352 e. The minimum atomic E-state index is -0.206. The summed E-state index contributed by atoms with van der Waals surface area (Å²) < 4.78 is 3.23. The summed E-state index contributed by atoms with van der Waals surface area (Å²) in [6, 6.07) is 7.91. The number of carbonyl (C=O) groups is 1. The molecule has 2 heterocycles. The van der Waals surface area contributed by atoms with E-state index in [0.717, 1.165) is 26.9 Å². The summed E-state index contributed by atoms with van der Waals surface area (Å²) in [5.41, 5.74) is 0.569. The number of nitrogens with zero attached hydrogens (tertiary/aromatic N) is 2. The molecule has 5 nitrogen and oxygen atoms in total. The topological polar surface area (TPSA) is 64.0 Å². The molecular weight excluding hydrogens is 310 g/mol. The lowest BCUT2D eigenvalue weighted by Gasteiger charge is -2.12. The Kier molecular flexibility index (Phi) is 4.17. The molecule has 0 bridgehead atoms. The first kappa shape index (κ1) is 15.7. The van der Waals surface area contributed by atoms with E-state index in [1.165, 1.54) is 4.68 Å². The fraction of sp³-hybridized carbons (Fsp3) is 0.353. The second-order valence-corrected chi connectivity index (χ2v) is 6.78. The van der Waals surface area contributed by atoms with Crippen LogP contribution < -0.4 is 10.9 Å². The van der Waals surface area contributed by atoms with E-state index in [0.29, 0.717) is 5.39 Å². The summed E-state index contributed by atoms with van der Waals surface area (Å²) in [4.78, 5) is 24.8. The molecule has 0 saturated heterocycles. The van der Waals surface area contributed by atoms with Crippen molar-refractivity contribution >= 4 is 37.4 Å². The summed E-state index contributed by atoms with van der Waals surface area (Å²) >= 11 is 1.57. The van der Waals surface area contributed by atoms with Crippen LogP contribution in [-0.2, 0) is 11.3 Å². The van der Waals surface area contributed by atoms with E-state index in [-0.39, 0.29) is 24.1 Å². The molecule has 1 aromatic carbocycles. The lowest BCUT2D eigenvalue weighted by Crippen LogP contribution is -2.38. The molecule has 3 rings (SSSR count). The first-order chi connectivity index (χ1) is 11.0. The van der Waals surface area contributed by atoms with Gasteiger partial charge in [0.15, 0.2) is 0 Å². The standard InChI is InChI=1S/C17H19N3O2S/c1-4-10(2)18-14(21)9-20-17(22)15-12-7-5-6-8-13(12)23-16(15)11(3)19-20/h5-8,10H,4,9H2,1-3H3,(H,18,21)/t10-/m1/s1. The number of benzene rings is 1. The second kappa shape index (κ2) is 6.12. The molecule has 0 fully saturated rings. The molecule has 1 N–H and O–H groups in total. The fourth-order valence-corrected chi connectivity index (χ4v) is 3.71. The number of aromatic nitrogens is 2. The number of aryl methyl sites for hydroxylation is 1. The summed E-state index contributed by atoms with van der Waals surface area (Å²) in [6.07, 6.45) is 0.849. The average molecular weight is 329 g/mol. The van der Waals surface area contributed by atoms with Gasteiger partial charge in [0.2, 0.25) is 5.91 Å². The Morgan fingerprint density at radius 3 is 2.87 bits per heavy atom. The zero-order valence-corrected chi connectivity index (χ0v) is 14.2. The van der Waals surface area contributed by atoms with Crippen molar-refractivity contribution in [2.75, 3.05) is 0 Å². The third-order valence-corrected chi connectivity index (χ3v) is 5.24. The van der Waals surface area contributed by atoms with Crippen molar-refractivity contribution in [1.29, 1.82) is 0 Å². The first-order valence-electron chi connectivity index (χ1n) is 7.69. The largest absolute Gasteiger partial charge is 0.352 e. The maximum absolute atomic E-state index is 12.8. The van der Waals surface area contributed by atoms with Gasteiger partial charge in [0.1, 0.15) is 6.54 Å². The molecule has 0 radical (unpaired) electrons. The second-order valence-electron chi connectivity index (χ2n) is 5.73. The number of amides is 1. The maximum atomic E-state index is 12.8. The van der Waals surface area contributed by atoms with Gasteiger partial charge in [-0.3, -0.25) is 9.59 Å². The van der Waals surface area contributed by atoms with Crippen molar-refractivity contribution in [3.05, 3.63) is 40.3 Å². The Morgan fingerprint density at radius 2 is 2.13 bits per heavy atom. The lowest BCUT2D eigenvalue weighted by atomic mass is 10.2. The van der Waals surface area contributed by atoms with Crippen LogP contribution >= 0.6 is 11.3 Å². The van der Waals surface area contributed by atoms with Crippen LogP contribution in [0.25, 0.3) is 20.2 Å². The Balaban J connectivity index is 2.09. The molecule has 0 aliphatic heterocycles. The van der Waals surface area contributed by atoms with Crippen molar-refractivity contribution in [1.82, 2.24) is 15.1 Å². The van der Waals surface area contributed by atoms with Crippen LogP contribution in [0.1, 0.15) is 26.0 Å². The molecule has 2 aromatic heterocycles. The van der Waals surface area contributed by atoms with E-state index in [9.17, 15) is 9.59 Å². The molecule has 6 heteroatoms. The smallest absolute Gasteiger partial charge is 0.276 e. The van der Waals surface area contributed by atoms with Crippen LogP contribution in [0, 0.1) is 6.92 Å². The highest BCUT2D eigenvalue weighted by molar-refractivity contribution is 7.26. The van der Waals surface area contributed by atoms with Crippen LogP contribution in [0.4, 0.5) is 0 Å². The normalized spacial score (nSPS) is 12.7. The van der Waals surface area contributed by atoms with E-state index >= 15 is 0 Å². The number of rotatable bonds is 4. The van der Waals surface area contributed by atoms with E-state index in [1.54, 1.807) is 11.3 Å². The van der Waals surface area contributed by atoms with Gasteiger partial charge in [-0.1, -0.05) is 25.1 Å². The zero-order chi connectivity index (χ0) is 16.6. The van der Waals surface area contributed by atoms with Gasteiger partial charge in [-0.2, -0.15) is 5.10 Å². The van der Waals surface area contributed by atoms with Crippen LogP contribution in [0.3, 0.4) is 0 Å². The van der Waals surface area contributed by atoms with Crippen molar-refractivity contribution in [2.24, 2.45) is 0 Å². The van der Waals surface area contributed by atoms with Crippen LogP contribution in [0.15, 0.2) is 29.1 Å². The molecule has 3 aromatic rings.